The number of nitriles is 1. The average molecular weight is 343 g/mol. The summed E-state index contributed by atoms with van der Waals surface area (Å²) in [5.74, 6) is -0.0648. The van der Waals surface area contributed by atoms with Gasteiger partial charge in [0.1, 0.15) is 11.6 Å². The summed E-state index contributed by atoms with van der Waals surface area (Å²) in [7, 11) is 0. The molecule has 3 N–H and O–H groups in total. The molecule has 2 heterocycles. The smallest absolute Gasteiger partial charge is 0.330 e. The molecule has 1 aliphatic heterocycles. The number of aromatic amines is 1. The molecule has 0 spiro atoms. The minimum absolute atomic E-state index is 0.0165. The molecule has 130 valence electrons. The molecule has 2 aromatic rings. The summed E-state index contributed by atoms with van der Waals surface area (Å²) >= 11 is 0. The number of hydrogen-bond donors (Lipinski definition) is 2. The molecule has 0 saturated carbocycles. The molecule has 1 aromatic heterocycles. The molecule has 0 unspecified atom stereocenters. The Morgan fingerprint density at radius 3 is 2.88 bits per heavy atom. The van der Waals surface area contributed by atoms with Gasteiger partial charge in [-0.1, -0.05) is 0 Å². The van der Waals surface area contributed by atoms with Gasteiger partial charge in [-0.05, 0) is 36.6 Å². The first-order valence-electron chi connectivity index (χ1n) is 8.01. The number of piperidine rings is 1. The second kappa shape index (κ2) is 6.91. The molecule has 3 rings (SSSR count). The molecule has 7 nitrogen and oxygen atoms in total. The van der Waals surface area contributed by atoms with Crippen LogP contribution in [0.4, 0.5) is 10.2 Å². The molecule has 1 saturated heterocycles. The predicted molar refractivity (Wildman–Crippen MR) is 91.0 cm³/mol. The molecule has 1 fully saturated rings. The van der Waals surface area contributed by atoms with Crippen molar-refractivity contribution >= 4 is 5.82 Å². The SMILES string of the molecule is N#Cc1ccc(F)cc1Cn1c(N2CCC[C@@H](N)C2)cc(=O)[nH]c1=O. The van der Waals surface area contributed by atoms with E-state index >= 15 is 0 Å². The summed E-state index contributed by atoms with van der Waals surface area (Å²) in [5, 5.41) is 9.21. The number of H-pyrrole nitrogens is 1. The Balaban J connectivity index is 2.07. The lowest BCUT2D eigenvalue weighted by Crippen LogP contribution is -2.46. The number of anilines is 1. The Bertz CT molecular complexity index is 943. The van der Waals surface area contributed by atoms with Crippen molar-refractivity contribution in [3.8, 4) is 6.07 Å². The normalized spacial score (nSPS) is 17.3. The van der Waals surface area contributed by atoms with Gasteiger partial charge in [0.05, 0.1) is 18.2 Å². The van der Waals surface area contributed by atoms with Crippen LogP contribution in [-0.2, 0) is 6.54 Å². The first-order valence-corrected chi connectivity index (χ1v) is 8.01. The highest BCUT2D eigenvalue weighted by atomic mass is 19.1. The molecule has 0 radical (unpaired) electrons. The monoisotopic (exact) mass is 343 g/mol. The van der Waals surface area contributed by atoms with Crippen LogP contribution in [-0.4, -0.2) is 28.7 Å². The number of hydrogen-bond acceptors (Lipinski definition) is 5. The topological polar surface area (TPSA) is 108 Å². The van der Waals surface area contributed by atoms with Crippen molar-refractivity contribution < 1.29 is 4.39 Å². The predicted octanol–water partition coefficient (Wildman–Crippen LogP) is 0.523. The Morgan fingerprint density at radius 2 is 2.16 bits per heavy atom. The minimum Gasteiger partial charge on any atom is -0.356 e. The van der Waals surface area contributed by atoms with Gasteiger partial charge in [0, 0.05) is 25.2 Å². The molecule has 1 aliphatic rings. The minimum atomic E-state index is -0.602. The van der Waals surface area contributed by atoms with Crippen LogP contribution in [0.3, 0.4) is 0 Å². The third-order valence-corrected chi connectivity index (χ3v) is 4.31. The molecule has 0 aliphatic carbocycles. The zero-order valence-corrected chi connectivity index (χ0v) is 13.5. The van der Waals surface area contributed by atoms with E-state index in [4.69, 9.17) is 5.73 Å². The van der Waals surface area contributed by atoms with Gasteiger partial charge in [-0.15, -0.1) is 0 Å². The lowest BCUT2D eigenvalue weighted by Gasteiger charge is -2.33. The van der Waals surface area contributed by atoms with E-state index < -0.39 is 17.1 Å². The molecule has 0 bridgehead atoms. The summed E-state index contributed by atoms with van der Waals surface area (Å²) in [6, 6.07) is 7.08. The van der Waals surface area contributed by atoms with E-state index in [-0.39, 0.29) is 18.2 Å². The standard InChI is InChI=1S/C17H18FN5O2/c18-13-4-3-11(8-19)12(6-13)9-23-16(7-15(24)21-17(23)25)22-5-1-2-14(20)10-22/h3-4,6-7,14H,1-2,5,9-10,20H2,(H,21,24,25)/t14-/m1/s1. The second-order valence-electron chi connectivity index (χ2n) is 6.14. The number of rotatable bonds is 3. The van der Waals surface area contributed by atoms with Crippen LogP contribution >= 0.6 is 0 Å². The van der Waals surface area contributed by atoms with Crippen molar-refractivity contribution in [2.24, 2.45) is 5.73 Å². The van der Waals surface area contributed by atoms with Crippen LogP contribution in [0.5, 0.6) is 0 Å². The Hall–Kier alpha value is -2.92. The third kappa shape index (κ3) is 3.61. The van der Waals surface area contributed by atoms with Crippen LogP contribution in [0.25, 0.3) is 0 Å². The summed E-state index contributed by atoms with van der Waals surface area (Å²) in [4.78, 5) is 28.2. The molecule has 1 aromatic carbocycles. The largest absolute Gasteiger partial charge is 0.356 e. The van der Waals surface area contributed by atoms with Crippen molar-refractivity contribution in [1.29, 1.82) is 5.26 Å². The summed E-state index contributed by atoms with van der Waals surface area (Å²) < 4.78 is 14.9. The molecule has 8 heteroatoms. The first-order chi connectivity index (χ1) is 12.0. The Labute approximate surface area is 143 Å². The van der Waals surface area contributed by atoms with Gasteiger partial charge in [0.2, 0.25) is 0 Å². The number of aromatic nitrogens is 2. The zero-order valence-electron chi connectivity index (χ0n) is 13.5. The molecular formula is C17H18FN5O2. The number of nitrogens with one attached hydrogen (secondary N) is 1. The number of halogens is 1. The van der Waals surface area contributed by atoms with E-state index in [0.29, 0.717) is 24.5 Å². The van der Waals surface area contributed by atoms with E-state index in [0.717, 1.165) is 12.8 Å². The first kappa shape index (κ1) is 16.9. The third-order valence-electron chi connectivity index (χ3n) is 4.31. The molecule has 1 atom stereocenters. The van der Waals surface area contributed by atoms with E-state index in [1.54, 1.807) is 0 Å². The van der Waals surface area contributed by atoms with Crippen molar-refractivity contribution in [3.05, 3.63) is 62.0 Å². The van der Waals surface area contributed by atoms with Crippen LogP contribution in [0.2, 0.25) is 0 Å². The number of nitrogens with two attached hydrogens (primary N) is 1. The lowest BCUT2D eigenvalue weighted by molar-refractivity contribution is 0.494. The lowest BCUT2D eigenvalue weighted by atomic mass is 10.1. The average Bonchev–Trinajstić information content (AvgIpc) is 2.57. The van der Waals surface area contributed by atoms with Crippen LogP contribution < -0.4 is 21.9 Å². The van der Waals surface area contributed by atoms with Gasteiger partial charge in [-0.3, -0.25) is 14.3 Å². The van der Waals surface area contributed by atoms with Gasteiger partial charge in [-0.2, -0.15) is 5.26 Å². The number of nitrogens with zero attached hydrogens (tertiary/aromatic N) is 3. The van der Waals surface area contributed by atoms with Crippen LogP contribution in [0.15, 0.2) is 33.9 Å². The Kier molecular flexibility index (Phi) is 4.67. The van der Waals surface area contributed by atoms with E-state index in [1.165, 1.54) is 28.8 Å². The second-order valence-corrected chi connectivity index (χ2v) is 6.14. The van der Waals surface area contributed by atoms with E-state index in [1.807, 2.05) is 11.0 Å². The van der Waals surface area contributed by atoms with Crippen molar-refractivity contribution in [2.75, 3.05) is 18.0 Å². The maximum absolute atomic E-state index is 13.6. The summed E-state index contributed by atoms with van der Waals surface area (Å²) in [6.45, 7) is 1.18. The quantitative estimate of drug-likeness (QED) is 0.845. The van der Waals surface area contributed by atoms with Gasteiger partial charge in [0.25, 0.3) is 5.56 Å². The maximum Gasteiger partial charge on any atom is 0.330 e. The van der Waals surface area contributed by atoms with E-state index in [2.05, 4.69) is 4.98 Å². The molecular weight excluding hydrogens is 325 g/mol. The maximum atomic E-state index is 13.6. The molecule has 0 amide bonds. The summed E-state index contributed by atoms with van der Waals surface area (Å²) in [6.07, 6.45) is 1.73. The highest BCUT2D eigenvalue weighted by Crippen LogP contribution is 2.19. The fraction of sp³-hybridized carbons (Fsp3) is 0.353. The fourth-order valence-corrected chi connectivity index (χ4v) is 3.11. The fourth-order valence-electron chi connectivity index (χ4n) is 3.11. The number of benzene rings is 1. The van der Waals surface area contributed by atoms with Crippen molar-refractivity contribution in [3.63, 3.8) is 0 Å². The van der Waals surface area contributed by atoms with E-state index in [9.17, 15) is 19.2 Å². The van der Waals surface area contributed by atoms with Gasteiger partial charge in [-0.25, -0.2) is 9.18 Å². The zero-order chi connectivity index (χ0) is 18.0. The van der Waals surface area contributed by atoms with Crippen LogP contribution in [0, 0.1) is 17.1 Å². The van der Waals surface area contributed by atoms with Gasteiger partial charge >= 0.3 is 5.69 Å². The molecule has 25 heavy (non-hydrogen) atoms. The van der Waals surface area contributed by atoms with Gasteiger partial charge in [0.15, 0.2) is 0 Å². The van der Waals surface area contributed by atoms with Gasteiger partial charge < -0.3 is 10.6 Å². The Morgan fingerprint density at radius 1 is 1.36 bits per heavy atom. The summed E-state index contributed by atoms with van der Waals surface area (Å²) in [5.41, 5.74) is 5.55. The van der Waals surface area contributed by atoms with Crippen molar-refractivity contribution in [1.82, 2.24) is 9.55 Å². The highest BCUT2D eigenvalue weighted by Gasteiger charge is 2.21. The van der Waals surface area contributed by atoms with Crippen LogP contribution in [0.1, 0.15) is 24.0 Å². The van der Waals surface area contributed by atoms with Crippen molar-refractivity contribution in [2.45, 2.75) is 25.4 Å². The highest BCUT2D eigenvalue weighted by molar-refractivity contribution is 5.42.